The molecule has 12 heavy (non-hydrogen) atoms. The first-order chi connectivity index (χ1) is 5.86. The second-order valence-corrected chi connectivity index (χ2v) is 3.93. The SMILES string of the molecule is Cc1cccc2c1C1CCC2N1. The van der Waals surface area contributed by atoms with E-state index in [2.05, 4.69) is 30.4 Å². The summed E-state index contributed by atoms with van der Waals surface area (Å²) in [5.41, 5.74) is 4.62. The molecule has 1 fully saturated rings. The minimum Gasteiger partial charge on any atom is -0.303 e. The zero-order chi connectivity index (χ0) is 8.13. The summed E-state index contributed by atoms with van der Waals surface area (Å²) in [6, 6.07) is 8.02. The summed E-state index contributed by atoms with van der Waals surface area (Å²) in [5.74, 6) is 0. The molecule has 1 nitrogen and oxygen atoms in total. The third-order valence-electron chi connectivity index (χ3n) is 3.23. The van der Waals surface area contributed by atoms with Crippen molar-refractivity contribution in [3.8, 4) is 0 Å². The highest BCUT2D eigenvalue weighted by Crippen LogP contribution is 2.45. The fraction of sp³-hybridized carbons (Fsp3) is 0.455. The lowest BCUT2D eigenvalue weighted by molar-refractivity contribution is 0.638. The molecule has 1 N–H and O–H groups in total. The van der Waals surface area contributed by atoms with E-state index in [0.29, 0.717) is 12.1 Å². The number of hydrogen-bond acceptors (Lipinski definition) is 1. The molecular weight excluding hydrogens is 146 g/mol. The van der Waals surface area contributed by atoms with Crippen molar-refractivity contribution < 1.29 is 0 Å². The van der Waals surface area contributed by atoms with E-state index < -0.39 is 0 Å². The van der Waals surface area contributed by atoms with Gasteiger partial charge in [0, 0.05) is 12.1 Å². The number of benzene rings is 1. The summed E-state index contributed by atoms with van der Waals surface area (Å²) >= 11 is 0. The van der Waals surface area contributed by atoms with Crippen molar-refractivity contribution in [3.05, 3.63) is 34.9 Å². The molecule has 2 unspecified atom stereocenters. The molecule has 0 amide bonds. The Hall–Kier alpha value is -0.820. The second-order valence-electron chi connectivity index (χ2n) is 3.93. The lowest BCUT2D eigenvalue weighted by atomic mass is 9.89. The van der Waals surface area contributed by atoms with E-state index in [0.717, 1.165) is 0 Å². The van der Waals surface area contributed by atoms with Crippen molar-refractivity contribution in [1.29, 1.82) is 0 Å². The average Bonchev–Trinajstić information content (AvgIpc) is 2.64. The first-order valence-electron chi connectivity index (χ1n) is 4.72. The molecular formula is C11H13N. The van der Waals surface area contributed by atoms with Crippen LogP contribution in [0.15, 0.2) is 18.2 Å². The van der Waals surface area contributed by atoms with Crippen molar-refractivity contribution in [1.82, 2.24) is 5.32 Å². The predicted octanol–water partition coefficient (Wildman–Crippen LogP) is 2.47. The van der Waals surface area contributed by atoms with E-state index in [1.54, 1.807) is 11.1 Å². The van der Waals surface area contributed by atoms with Crippen LogP contribution in [0.25, 0.3) is 0 Å². The van der Waals surface area contributed by atoms with Gasteiger partial charge in [-0.15, -0.1) is 0 Å². The second kappa shape index (κ2) is 2.11. The van der Waals surface area contributed by atoms with Crippen LogP contribution in [-0.4, -0.2) is 0 Å². The maximum atomic E-state index is 3.63. The molecule has 2 heterocycles. The van der Waals surface area contributed by atoms with Crippen molar-refractivity contribution in [2.24, 2.45) is 0 Å². The Kier molecular flexibility index (Phi) is 1.17. The Morgan fingerprint density at radius 3 is 2.92 bits per heavy atom. The maximum absolute atomic E-state index is 3.63. The fourth-order valence-corrected chi connectivity index (χ4v) is 2.70. The normalized spacial score (nSPS) is 30.8. The quantitative estimate of drug-likeness (QED) is 0.613. The lowest BCUT2D eigenvalue weighted by Crippen LogP contribution is -2.06. The summed E-state index contributed by atoms with van der Waals surface area (Å²) in [5, 5.41) is 3.63. The van der Waals surface area contributed by atoms with E-state index in [9.17, 15) is 0 Å². The fourth-order valence-electron chi connectivity index (χ4n) is 2.70. The zero-order valence-corrected chi connectivity index (χ0v) is 7.30. The van der Waals surface area contributed by atoms with Crippen LogP contribution < -0.4 is 5.32 Å². The van der Waals surface area contributed by atoms with Crippen molar-refractivity contribution in [2.45, 2.75) is 31.8 Å². The van der Waals surface area contributed by atoms with Gasteiger partial charge in [-0.05, 0) is 36.5 Å². The summed E-state index contributed by atoms with van der Waals surface area (Å²) in [6.07, 6.45) is 2.67. The largest absolute Gasteiger partial charge is 0.303 e. The average molecular weight is 159 g/mol. The Morgan fingerprint density at radius 1 is 1.25 bits per heavy atom. The number of hydrogen-bond donors (Lipinski definition) is 1. The molecule has 2 atom stereocenters. The molecule has 1 saturated heterocycles. The molecule has 1 heteroatoms. The van der Waals surface area contributed by atoms with Crippen LogP contribution in [-0.2, 0) is 0 Å². The first-order valence-corrected chi connectivity index (χ1v) is 4.72. The van der Waals surface area contributed by atoms with Gasteiger partial charge < -0.3 is 5.32 Å². The smallest absolute Gasteiger partial charge is 0.0332 e. The van der Waals surface area contributed by atoms with Crippen molar-refractivity contribution in [3.63, 3.8) is 0 Å². The minimum atomic E-state index is 0.671. The highest BCUT2D eigenvalue weighted by molar-refractivity contribution is 5.44. The van der Waals surface area contributed by atoms with Gasteiger partial charge in [0.25, 0.3) is 0 Å². The predicted molar refractivity (Wildman–Crippen MR) is 49.0 cm³/mol. The van der Waals surface area contributed by atoms with Crippen LogP contribution in [0.5, 0.6) is 0 Å². The van der Waals surface area contributed by atoms with Gasteiger partial charge in [0.2, 0.25) is 0 Å². The molecule has 0 aliphatic carbocycles. The molecule has 0 radical (unpaired) electrons. The Balaban J connectivity index is 2.26. The van der Waals surface area contributed by atoms with Gasteiger partial charge in [0.1, 0.15) is 0 Å². The van der Waals surface area contributed by atoms with Gasteiger partial charge in [0.15, 0.2) is 0 Å². The van der Waals surface area contributed by atoms with Crippen LogP contribution in [0.3, 0.4) is 0 Å². The molecule has 3 rings (SSSR count). The maximum Gasteiger partial charge on any atom is 0.0332 e. The van der Waals surface area contributed by atoms with Gasteiger partial charge >= 0.3 is 0 Å². The van der Waals surface area contributed by atoms with Gasteiger partial charge in [-0.2, -0.15) is 0 Å². The molecule has 2 aliphatic heterocycles. The number of rotatable bonds is 0. The van der Waals surface area contributed by atoms with E-state index in [4.69, 9.17) is 0 Å². The van der Waals surface area contributed by atoms with Crippen LogP contribution >= 0.6 is 0 Å². The topological polar surface area (TPSA) is 12.0 Å². The van der Waals surface area contributed by atoms with Crippen LogP contribution in [0, 0.1) is 6.92 Å². The van der Waals surface area contributed by atoms with Crippen LogP contribution in [0.4, 0.5) is 0 Å². The third kappa shape index (κ3) is 0.674. The van der Waals surface area contributed by atoms with Crippen LogP contribution in [0.2, 0.25) is 0 Å². The van der Waals surface area contributed by atoms with Gasteiger partial charge in [0.05, 0.1) is 0 Å². The lowest BCUT2D eigenvalue weighted by Gasteiger charge is -2.14. The highest BCUT2D eigenvalue weighted by Gasteiger charge is 2.36. The minimum absolute atomic E-state index is 0.671. The number of fused-ring (bicyclic) bond motifs is 5. The van der Waals surface area contributed by atoms with E-state index in [1.807, 2.05) is 0 Å². The molecule has 2 aliphatic rings. The van der Waals surface area contributed by atoms with Gasteiger partial charge in [-0.25, -0.2) is 0 Å². The molecule has 62 valence electrons. The Bertz CT molecular complexity index is 330. The molecule has 1 aromatic rings. The Labute approximate surface area is 72.8 Å². The Morgan fingerprint density at radius 2 is 2.08 bits per heavy atom. The van der Waals surface area contributed by atoms with Crippen LogP contribution in [0.1, 0.15) is 41.6 Å². The van der Waals surface area contributed by atoms with Gasteiger partial charge in [-0.1, -0.05) is 18.2 Å². The van der Waals surface area contributed by atoms with E-state index >= 15 is 0 Å². The zero-order valence-electron chi connectivity index (χ0n) is 7.30. The molecule has 0 saturated carbocycles. The molecule has 0 spiro atoms. The first kappa shape index (κ1) is 6.67. The monoisotopic (exact) mass is 159 g/mol. The number of aryl methyl sites for hydroxylation is 1. The van der Waals surface area contributed by atoms with Gasteiger partial charge in [-0.3, -0.25) is 0 Å². The third-order valence-corrected chi connectivity index (χ3v) is 3.23. The summed E-state index contributed by atoms with van der Waals surface area (Å²) in [6.45, 7) is 2.22. The standard InChI is InChI=1S/C11H13N/c1-7-3-2-4-8-9-5-6-10(12-9)11(7)8/h2-4,9-10,12H,5-6H2,1H3. The summed E-state index contributed by atoms with van der Waals surface area (Å²) in [7, 11) is 0. The van der Waals surface area contributed by atoms with Crippen molar-refractivity contribution in [2.75, 3.05) is 0 Å². The van der Waals surface area contributed by atoms with E-state index in [1.165, 1.54) is 18.4 Å². The summed E-state index contributed by atoms with van der Waals surface area (Å²) in [4.78, 5) is 0. The number of nitrogens with one attached hydrogen (secondary N) is 1. The molecule has 0 aromatic heterocycles. The molecule has 1 aromatic carbocycles. The highest BCUT2D eigenvalue weighted by atomic mass is 15.0. The molecule has 2 bridgehead atoms. The van der Waals surface area contributed by atoms with E-state index in [-0.39, 0.29) is 0 Å². The van der Waals surface area contributed by atoms with Crippen molar-refractivity contribution >= 4 is 0 Å². The summed E-state index contributed by atoms with van der Waals surface area (Å²) < 4.78 is 0.